The topological polar surface area (TPSA) is 9.23 Å². The summed E-state index contributed by atoms with van der Waals surface area (Å²) in [5, 5.41) is 0. The third-order valence-electron chi connectivity index (χ3n) is 3.59. The van der Waals surface area contributed by atoms with E-state index in [4.69, 9.17) is 4.74 Å². The molecule has 12 heavy (non-hydrogen) atoms. The van der Waals surface area contributed by atoms with Crippen molar-refractivity contribution in [2.24, 2.45) is 23.7 Å². The van der Waals surface area contributed by atoms with E-state index in [1.165, 1.54) is 19.3 Å². The molecule has 2 fully saturated rings. The first-order valence-corrected chi connectivity index (χ1v) is 5.33. The van der Waals surface area contributed by atoms with Crippen LogP contribution in [0.2, 0.25) is 0 Å². The van der Waals surface area contributed by atoms with E-state index < -0.39 is 0 Å². The number of ether oxygens (including phenoxy) is 1. The van der Waals surface area contributed by atoms with Crippen LogP contribution in [0.1, 0.15) is 33.1 Å². The Morgan fingerprint density at radius 2 is 1.58 bits per heavy atom. The lowest BCUT2D eigenvalue weighted by atomic mass is 9.71. The van der Waals surface area contributed by atoms with Gasteiger partial charge in [0, 0.05) is 13.2 Å². The van der Waals surface area contributed by atoms with E-state index in [9.17, 15) is 0 Å². The van der Waals surface area contributed by atoms with Crippen LogP contribution in [-0.2, 0) is 4.74 Å². The molecule has 2 unspecified atom stereocenters. The Hall–Kier alpha value is -0.0400. The van der Waals surface area contributed by atoms with Crippen molar-refractivity contribution in [2.75, 3.05) is 13.2 Å². The van der Waals surface area contributed by atoms with Gasteiger partial charge in [-0.25, -0.2) is 0 Å². The fraction of sp³-hybridized carbons (Fsp3) is 1.00. The van der Waals surface area contributed by atoms with Crippen molar-refractivity contribution >= 4 is 0 Å². The molecular weight excluding hydrogens is 148 g/mol. The van der Waals surface area contributed by atoms with E-state index in [1.807, 2.05) is 0 Å². The van der Waals surface area contributed by atoms with Crippen LogP contribution in [0.15, 0.2) is 0 Å². The van der Waals surface area contributed by atoms with Crippen LogP contribution in [0.4, 0.5) is 0 Å². The first-order chi connectivity index (χ1) is 5.75. The van der Waals surface area contributed by atoms with Gasteiger partial charge in [0.1, 0.15) is 0 Å². The Morgan fingerprint density at radius 1 is 1.00 bits per heavy atom. The molecule has 0 N–H and O–H groups in total. The molecule has 0 aromatic rings. The van der Waals surface area contributed by atoms with Gasteiger partial charge in [-0.15, -0.1) is 0 Å². The summed E-state index contributed by atoms with van der Waals surface area (Å²) >= 11 is 0. The van der Waals surface area contributed by atoms with Crippen molar-refractivity contribution in [3.05, 3.63) is 0 Å². The second-order valence-electron chi connectivity index (χ2n) is 4.98. The van der Waals surface area contributed by atoms with Gasteiger partial charge in [0.05, 0.1) is 0 Å². The molecule has 1 saturated heterocycles. The highest BCUT2D eigenvalue weighted by Gasteiger charge is 2.33. The maximum absolute atomic E-state index is 5.56. The van der Waals surface area contributed by atoms with Crippen LogP contribution in [0.25, 0.3) is 0 Å². The molecule has 0 aromatic heterocycles. The second kappa shape index (κ2) is 3.37. The molecule has 2 aliphatic rings. The zero-order valence-electron chi connectivity index (χ0n) is 8.25. The average molecular weight is 168 g/mol. The normalized spacial score (nSPS) is 41.8. The Labute approximate surface area is 75.5 Å². The Balaban J connectivity index is 1.96. The highest BCUT2D eigenvalue weighted by Crippen LogP contribution is 2.39. The van der Waals surface area contributed by atoms with Crippen LogP contribution >= 0.6 is 0 Å². The molecular formula is C11H20O. The van der Waals surface area contributed by atoms with E-state index in [2.05, 4.69) is 13.8 Å². The average Bonchev–Trinajstić information content (AvgIpc) is 2.03. The molecule has 1 aliphatic carbocycles. The van der Waals surface area contributed by atoms with Crippen molar-refractivity contribution in [3.63, 3.8) is 0 Å². The molecule has 0 amide bonds. The fourth-order valence-electron chi connectivity index (χ4n) is 2.83. The van der Waals surface area contributed by atoms with Gasteiger partial charge in [-0.2, -0.15) is 0 Å². The van der Waals surface area contributed by atoms with Gasteiger partial charge in [-0.05, 0) is 42.9 Å². The predicted octanol–water partition coefficient (Wildman–Crippen LogP) is 2.71. The van der Waals surface area contributed by atoms with Gasteiger partial charge in [0.2, 0.25) is 0 Å². The number of fused-ring (bicyclic) bond motifs is 2. The van der Waals surface area contributed by atoms with Crippen molar-refractivity contribution in [1.29, 1.82) is 0 Å². The SMILES string of the molecule is CC(C)C1CC2COCC(C2)C1. The van der Waals surface area contributed by atoms with Gasteiger partial charge in [0.25, 0.3) is 0 Å². The fourth-order valence-corrected chi connectivity index (χ4v) is 2.83. The van der Waals surface area contributed by atoms with E-state index in [0.717, 1.165) is 36.9 Å². The molecule has 1 saturated carbocycles. The molecule has 0 aromatic carbocycles. The summed E-state index contributed by atoms with van der Waals surface area (Å²) in [6.45, 7) is 6.82. The zero-order valence-corrected chi connectivity index (χ0v) is 8.25. The standard InChI is InChI=1S/C11H20O/c1-8(2)11-4-9-3-10(5-11)7-12-6-9/h8-11H,3-7H2,1-2H3. The molecule has 1 heteroatoms. The van der Waals surface area contributed by atoms with Gasteiger partial charge in [-0.3, -0.25) is 0 Å². The lowest BCUT2D eigenvalue weighted by Gasteiger charge is -2.40. The minimum Gasteiger partial charge on any atom is -0.381 e. The second-order valence-corrected chi connectivity index (χ2v) is 4.98. The number of hydrogen-bond acceptors (Lipinski definition) is 1. The summed E-state index contributed by atoms with van der Waals surface area (Å²) in [7, 11) is 0. The van der Waals surface area contributed by atoms with E-state index in [1.54, 1.807) is 0 Å². The molecule has 2 rings (SSSR count). The Morgan fingerprint density at radius 3 is 2.08 bits per heavy atom. The van der Waals surface area contributed by atoms with Crippen molar-refractivity contribution in [3.8, 4) is 0 Å². The number of rotatable bonds is 1. The first-order valence-electron chi connectivity index (χ1n) is 5.33. The van der Waals surface area contributed by atoms with Crippen molar-refractivity contribution in [2.45, 2.75) is 33.1 Å². The smallest absolute Gasteiger partial charge is 0.0494 e. The van der Waals surface area contributed by atoms with Gasteiger partial charge in [-0.1, -0.05) is 13.8 Å². The minimum atomic E-state index is 0.883. The molecule has 1 nitrogen and oxygen atoms in total. The Bertz CT molecular complexity index is 141. The van der Waals surface area contributed by atoms with Gasteiger partial charge in [0.15, 0.2) is 0 Å². The van der Waals surface area contributed by atoms with E-state index in [-0.39, 0.29) is 0 Å². The Kier molecular flexibility index (Phi) is 2.40. The summed E-state index contributed by atoms with van der Waals surface area (Å²) in [5.74, 6) is 3.65. The van der Waals surface area contributed by atoms with Crippen LogP contribution in [-0.4, -0.2) is 13.2 Å². The van der Waals surface area contributed by atoms with Crippen LogP contribution in [0.3, 0.4) is 0 Å². The number of hydrogen-bond donors (Lipinski definition) is 0. The highest BCUT2D eigenvalue weighted by atomic mass is 16.5. The summed E-state index contributed by atoms with van der Waals surface area (Å²) in [4.78, 5) is 0. The lowest BCUT2D eigenvalue weighted by molar-refractivity contribution is -0.0335. The monoisotopic (exact) mass is 168 g/mol. The zero-order chi connectivity index (χ0) is 8.55. The van der Waals surface area contributed by atoms with E-state index in [0.29, 0.717) is 0 Å². The summed E-state index contributed by atoms with van der Waals surface area (Å²) in [6, 6.07) is 0. The third kappa shape index (κ3) is 1.66. The molecule has 0 spiro atoms. The maximum Gasteiger partial charge on any atom is 0.0494 e. The van der Waals surface area contributed by atoms with Crippen LogP contribution < -0.4 is 0 Å². The molecule has 0 radical (unpaired) electrons. The molecule has 1 aliphatic heterocycles. The molecule has 70 valence electrons. The quantitative estimate of drug-likeness (QED) is 0.585. The largest absolute Gasteiger partial charge is 0.381 e. The van der Waals surface area contributed by atoms with Crippen LogP contribution in [0, 0.1) is 23.7 Å². The predicted molar refractivity (Wildman–Crippen MR) is 50.0 cm³/mol. The lowest BCUT2D eigenvalue weighted by Crippen LogP contribution is -2.35. The van der Waals surface area contributed by atoms with Gasteiger partial charge >= 0.3 is 0 Å². The summed E-state index contributed by atoms with van der Waals surface area (Å²) in [5.41, 5.74) is 0. The highest BCUT2D eigenvalue weighted by molar-refractivity contribution is 4.82. The molecule has 2 atom stereocenters. The molecule has 2 bridgehead atoms. The minimum absolute atomic E-state index is 0.883. The summed E-state index contributed by atoms with van der Waals surface area (Å²) in [6.07, 6.45) is 4.30. The maximum atomic E-state index is 5.56. The third-order valence-corrected chi connectivity index (χ3v) is 3.59. The van der Waals surface area contributed by atoms with Crippen molar-refractivity contribution < 1.29 is 4.74 Å². The summed E-state index contributed by atoms with van der Waals surface area (Å²) < 4.78 is 5.56. The van der Waals surface area contributed by atoms with Crippen LogP contribution in [0.5, 0.6) is 0 Å². The van der Waals surface area contributed by atoms with Crippen molar-refractivity contribution in [1.82, 2.24) is 0 Å². The van der Waals surface area contributed by atoms with E-state index >= 15 is 0 Å². The first kappa shape index (κ1) is 8.55. The van der Waals surface area contributed by atoms with Gasteiger partial charge < -0.3 is 4.74 Å². The molecule has 1 heterocycles.